The van der Waals surface area contributed by atoms with Crippen LogP contribution in [0.25, 0.3) is 0 Å². The maximum atomic E-state index is 12.5. The third-order valence-electron chi connectivity index (χ3n) is 3.80. The number of piperazine rings is 1. The first kappa shape index (κ1) is 15.0. The normalized spacial score (nSPS) is 14.6. The Hall–Kier alpha value is -2.96. The highest BCUT2D eigenvalue weighted by Gasteiger charge is 2.23. The molecule has 7 heteroatoms. The van der Waals surface area contributed by atoms with Crippen LogP contribution in [0.15, 0.2) is 42.7 Å². The van der Waals surface area contributed by atoms with Gasteiger partial charge in [-0.05, 0) is 24.3 Å². The minimum atomic E-state index is -0.568. The van der Waals surface area contributed by atoms with Crippen LogP contribution < -0.4 is 10.6 Å². The Kier molecular flexibility index (Phi) is 4.18. The minimum Gasteiger partial charge on any atom is -0.366 e. The number of aromatic nitrogens is 2. The molecule has 3 rings (SSSR count). The van der Waals surface area contributed by atoms with E-state index in [0.717, 1.165) is 5.82 Å². The van der Waals surface area contributed by atoms with Crippen molar-refractivity contribution >= 4 is 17.6 Å². The van der Waals surface area contributed by atoms with Crippen LogP contribution in [0, 0.1) is 0 Å². The molecule has 0 spiro atoms. The number of nitrogens with zero attached hydrogens (tertiary/aromatic N) is 4. The molecular weight excluding hydrogens is 294 g/mol. The average molecular weight is 311 g/mol. The Labute approximate surface area is 133 Å². The van der Waals surface area contributed by atoms with E-state index in [0.29, 0.717) is 26.2 Å². The number of carbonyl (C=O) groups is 2. The fourth-order valence-corrected chi connectivity index (χ4v) is 2.54. The van der Waals surface area contributed by atoms with Gasteiger partial charge in [0.05, 0.1) is 0 Å². The van der Waals surface area contributed by atoms with Crippen LogP contribution in [0.5, 0.6) is 0 Å². The van der Waals surface area contributed by atoms with E-state index in [2.05, 4.69) is 14.9 Å². The quantitative estimate of drug-likeness (QED) is 0.893. The van der Waals surface area contributed by atoms with Gasteiger partial charge in [-0.25, -0.2) is 4.98 Å². The Morgan fingerprint density at radius 2 is 1.78 bits per heavy atom. The monoisotopic (exact) mass is 311 g/mol. The molecule has 1 aliphatic heterocycles. The van der Waals surface area contributed by atoms with Crippen LogP contribution in [0.1, 0.15) is 20.8 Å². The van der Waals surface area contributed by atoms with Crippen molar-refractivity contribution in [3.8, 4) is 0 Å². The van der Waals surface area contributed by atoms with Gasteiger partial charge in [-0.2, -0.15) is 0 Å². The molecule has 0 aromatic carbocycles. The molecule has 1 fully saturated rings. The van der Waals surface area contributed by atoms with Crippen molar-refractivity contribution in [1.82, 2.24) is 14.9 Å². The second-order valence-electron chi connectivity index (χ2n) is 5.26. The molecular formula is C16H17N5O2. The van der Waals surface area contributed by atoms with Gasteiger partial charge in [0.1, 0.15) is 11.5 Å². The van der Waals surface area contributed by atoms with Gasteiger partial charge in [-0.3, -0.25) is 14.6 Å². The highest BCUT2D eigenvalue weighted by Crippen LogP contribution is 2.14. The second kappa shape index (κ2) is 6.43. The van der Waals surface area contributed by atoms with Gasteiger partial charge in [0, 0.05) is 44.1 Å². The number of rotatable bonds is 3. The summed E-state index contributed by atoms with van der Waals surface area (Å²) in [6, 6.07) is 8.71. The van der Waals surface area contributed by atoms with Crippen molar-refractivity contribution in [2.45, 2.75) is 0 Å². The lowest BCUT2D eigenvalue weighted by Crippen LogP contribution is -2.49. The Morgan fingerprint density at radius 1 is 1.00 bits per heavy atom. The van der Waals surface area contributed by atoms with E-state index < -0.39 is 5.91 Å². The van der Waals surface area contributed by atoms with E-state index in [-0.39, 0.29) is 17.2 Å². The van der Waals surface area contributed by atoms with E-state index in [1.165, 1.54) is 18.3 Å². The van der Waals surface area contributed by atoms with Crippen LogP contribution in [-0.2, 0) is 0 Å². The Balaban J connectivity index is 1.66. The van der Waals surface area contributed by atoms with Crippen LogP contribution in [0.2, 0.25) is 0 Å². The molecule has 0 atom stereocenters. The van der Waals surface area contributed by atoms with E-state index >= 15 is 0 Å². The third-order valence-corrected chi connectivity index (χ3v) is 3.80. The molecule has 0 unspecified atom stereocenters. The molecule has 3 heterocycles. The fourth-order valence-electron chi connectivity index (χ4n) is 2.54. The smallest absolute Gasteiger partial charge is 0.272 e. The molecule has 2 aromatic heterocycles. The molecule has 0 bridgehead atoms. The average Bonchev–Trinajstić information content (AvgIpc) is 2.62. The van der Waals surface area contributed by atoms with Gasteiger partial charge in [-0.15, -0.1) is 0 Å². The molecule has 23 heavy (non-hydrogen) atoms. The summed E-state index contributed by atoms with van der Waals surface area (Å²) in [6.45, 7) is 2.58. The Bertz CT molecular complexity index is 711. The SMILES string of the molecule is NC(=O)c1ccnc(C(=O)N2CCN(c3ccccn3)CC2)c1. The zero-order chi connectivity index (χ0) is 16.2. The van der Waals surface area contributed by atoms with Gasteiger partial charge in [0.25, 0.3) is 5.91 Å². The summed E-state index contributed by atoms with van der Waals surface area (Å²) in [7, 11) is 0. The summed E-state index contributed by atoms with van der Waals surface area (Å²) in [6.07, 6.45) is 3.18. The van der Waals surface area contributed by atoms with Crippen molar-refractivity contribution in [3.63, 3.8) is 0 Å². The Morgan fingerprint density at radius 3 is 2.43 bits per heavy atom. The predicted octanol–water partition coefficient (Wildman–Crippen LogP) is 0.538. The first-order chi connectivity index (χ1) is 11.1. The van der Waals surface area contributed by atoms with Crippen molar-refractivity contribution in [2.75, 3.05) is 31.1 Å². The summed E-state index contributed by atoms with van der Waals surface area (Å²) in [5.41, 5.74) is 5.77. The van der Waals surface area contributed by atoms with Gasteiger partial charge >= 0.3 is 0 Å². The molecule has 2 amide bonds. The third kappa shape index (κ3) is 3.28. The molecule has 7 nitrogen and oxygen atoms in total. The number of anilines is 1. The zero-order valence-corrected chi connectivity index (χ0v) is 12.6. The molecule has 0 radical (unpaired) electrons. The number of primary amides is 1. The van der Waals surface area contributed by atoms with Crippen molar-refractivity contribution in [3.05, 3.63) is 54.0 Å². The second-order valence-corrected chi connectivity index (χ2v) is 5.26. The van der Waals surface area contributed by atoms with Crippen molar-refractivity contribution in [2.24, 2.45) is 5.73 Å². The number of hydrogen-bond acceptors (Lipinski definition) is 5. The summed E-state index contributed by atoms with van der Waals surface area (Å²) in [4.78, 5) is 35.9. The predicted molar refractivity (Wildman–Crippen MR) is 85.1 cm³/mol. The summed E-state index contributed by atoms with van der Waals surface area (Å²) in [5.74, 6) is 0.156. The highest BCUT2D eigenvalue weighted by molar-refractivity contribution is 5.97. The molecule has 118 valence electrons. The topological polar surface area (TPSA) is 92.4 Å². The first-order valence-electron chi connectivity index (χ1n) is 7.36. The largest absolute Gasteiger partial charge is 0.366 e. The number of hydrogen-bond donors (Lipinski definition) is 1. The number of pyridine rings is 2. The van der Waals surface area contributed by atoms with Crippen LogP contribution in [0.4, 0.5) is 5.82 Å². The van der Waals surface area contributed by atoms with Gasteiger partial charge in [0.15, 0.2) is 0 Å². The standard InChI is InChI=1S/C16H17N5O2/c17-15(22)12-4-6-18-13(11-12)16(23)21-9-7-20(8-10-21)14-3-1-2-5-19-14/h1-6,11H,7-10H2,(H2,17,22). The zero-order valence-electron chi connectivity index (χ0n) is 12.6. The number of amides is 2. The lowest BCUT2D eigenvalue weighted by Gasteiger charge is -2.35. The highest BCUT2D eigenvalue weighted by atomic mass is 16.2. The first-order valence-corrected chi connectivity index (χ1v) is 7.36. The lowest BCUT2D eigenvalue weighted by atomic mass is 10.2. The van der Waals surface area contributed by atoms with Gasteiger partial charge in [0.2, 0.25) is 5.91 Å². The number of nitrogens with two attached hydrogens (primary N) is 1. The van der Waals surface area contributed by atoms with E-state index in [1.54, 1.807) is 11.1 Å². The molecule has 1 saturated heterocycles. The van der Waals surface area contributed by atoms with Crippen molar-refractivity contribution < 1.29 is 9.59 Å². The molecule has 0 aliphatic carbocycles. The van der Waals surface area contributed by atoms with Crippen LogP contribution in [0.3, 0.4) is 0 Å². The van der Waals surface area contributed by atoms with Crippen LogP contribution in [-0.4, -0.2) is 52.9 Å². The maximum absolute atomic E-state index is 12.5. The fraction of sp³-hybridized carbons (Fsp3) is 0.250. The molecule has 1 aliphatic rings. The summed E-state index contributed by atoms with van der Waals surface area (Å²) < 4.78 is 0. The molecule has 2 N–H and O–H groups in total. The van der Waals surface area contributed by atoms with Gasteiger partial charge < -0.3 is 15.5 Å². The molecule has 2 aromatic rings. The summed E-state index contributed by atoms with van der Waals surface area (Å²) in [5, 5.41) is 0. The lowest BCUT2D eigenvalue weighted by molar-refractivity contribution is 0.0740. The van der Waals surface area contributed by atoms with E-state index in [1.807, 2.05) is 18.2 Å². The minimum absolute atomic E-state index is 0.186. The maximum Gasteiger partial charge on any atom is 0.272 e. The van der Waals surface area contributed by atoms with E-state index in [4.69, 9.17) is 5.73 Å². The van der Waals surface area contributed by atoms with E-state index in [9.17, 15) is 9.59 Å². The van der Waals surface area contributed by atoms with Gasteiger partial charge in [-0.1, -0.05) is 6.07 Å². The summed E-state index contributed by atoms with van der Waals surface area (Å²) >= 11 is 0. The molecule has 0 saturated carbocycles. The van der Waals surface area contributed by atoms with Crippen molar-refractivity contribution in [1.29, 1.82) is 0 Å². The van der Waals surface area contributed by atoms with Crippen LogP contribution >= 0.6 is 0 Å². The number of carbonyl (C=O) groups excluding carboxylic acids is 2.